The average molecular weight is 286 g/mol. The quantitative estimate of drug-likeness (QED) is 0.701. The molecular formula is C13H18N8. The lowest BCUT2D eigenvalue weighted by molar-refractivity contribution is 0.742. The Labute approximate surface area is 122 Å². The number of aromatic nitrogens is 6. The summed E-state index contributed by atoms with van der Waals surface area (Å²) < 4.78 is 3.65. The predicted molar refractivity (Wildman–Crippen MR) is 80.3 cm³/mol. The van der Waals surface area contributed by atoms with Gasteiger partial charge in [-0.25, -0.2) is 15.0 Å². The summed E-state index contributed by atoms with van der Waals surface area (Å²) in [6, 6.07) is 0. The van der Waals surface area contributed by atoms with Gasteiger partial charge in [-0.05, 0) is 6.92 Å². The third kappa shape index (κ3) is 2.93. The van der Waals surface area contributed by atoms with E-state index in [9.17, 15) is 0 Å². The van der Waals surface area contributed by atoms with Crippen LogP contribution in [0.15, 0.2) is 24.9 Å². The Balaban J connectivity index is 1.74. The summed E-state index contributed by atoms with van der Waals surface area (Å²) in [4.78, 5) is 13.1. The van der Waals surface area contributed by atoms with Crippen LogP contribution in [0.3, 0.4) is 0 Å². The summed E-state index contributed by atoms with van der Waals surface area (Å²) in [5.74, 6) is 2.39. The highest BCUT2D eigenvalue weighted by molar-refractivity contribution is 5.65. The molecule has 0 aliphatic carbocycles. The third-order valence-electron chi connectivity index (χ3n) is 3.02. The van der Waals surface area contributed by atoms with Crippen molar-refractivity contribution in [3.05, 3.63) is 30.7 Å². The van der Waals surface area contributed by atoms with Crippen molar-refractivity contribution in [2.75, 3.05) is 23.7 Å². The molecule has 0 amide bonds. The summed E-state index contributed by atoms with van der Waals surface area (Å²) in [5, 5.41) is 10.8. The van der Waals surface area contributed by atoms with Gasteiger partial charge in [-0.1, -0.05) is 0 Å². The van der Waals surface area contributed by atoms with E-state index in [1.54, 1.807) is 17.2 Å². The molecule has 0 saturated carbocycles. The molecule has 8 heteroatoms. The molecular weight excluding hydrogens is 268 g/mol. The van der Waals surface area contributed by atoms with E-state index < -0.39 is 0 Å². The smallest absolute Gasteiger partial charge is 0.180 e. The number of nitrogens with zero attached hydrogens (tertiary/aromatic N) is 6. The van der Waals surface area contributed by atoms with Crippen molar-refractivity contribution in [2.45, 2.75) is 13.3 Å². The number of nitrogens with one attached hydrogen (secondary N) is 2. The van der Waals surface area contributed by atoms with Crippen LogP contribution in [0.25, 0.3) is 5.65 Å². The van der Waals surface area contributed by atoms with Crippen LogP contribution in [0.4, 0.5) is 11.6 Å². The van der Waals surface area contributed by atoms with Gasteiger partial charge in [0.25, 0.3) is 0 Å². The number of hydrogen-bond acceptors (Lipinski definition) is 6. The van der Waals surface area contributed by atoms with Gasteiger partial charge in [0.2, 0.25) is 0 Å². The number of anilines is 2. The molecule has 110 valence electrons. The molecule has 3 aromatic rings. The largest absolute Gasteiger partial charge is 0.369 e. The number of imidazole rings is 1. The topological polar surface area (TPSA) is 85.0 Å². The highest BCUT2D eigenvalue weighted by Crippen LogP contribution is 2.16. The molecule has 0 unspecified atom stereocenters. The van der Waals surface area contributed by atoms with E-state index >= 15 is 0 Å². The first kappa shape index (κ1) is 13.3. The normalized spacial score (nSPS) is 11.0. The second-order valence-corrected chi connectivity index (χ2v) is 4.67. The molecule has 0 aromatic carbocycles. The van der Waals surface area contributed by atoms with Crippen LogP contribution in [-0.4, -0.2) is 42.2 Å². The van der Waals surface area contributed by atoms with E-state index in [1.165, 1.54) is 0 Å². The van der Waals surface area contributed by atoms with Crippen molar-refractivity contribution in [3.63, 3.8) is 0 Å². The van der Waals surface area contributed by atoms with Crippen molar-refractivity contribution in [1.29, 1.82) is 0 Å². The molecule has 3 aromatic heterocycles. The van der Waals surface area contributed by atoms with Crippen molar-refractivity contribution >= 4 is 17.3 Å². The van der Waals surface area contributed by atoms with Crippen LogP contribution >= 0.6 is 0 Å². The van der Waals surface area contributed by atoms with E-state index in [1.807, 2.05) is 30.8 Å². The molecule has 0 bridgehead atoms. The fourth-order valence-corrected chi connectivity index (χ4v) is 2.11. The van der Waals surface area contributed by atoms with Crippen molar-refractivity contribution < 1.29 is 0 Å². The molecule has 0 saturated heterocycles. The van der Waals surface area contributed by atoms with E-state index in [0.29, 0.717) is 6.54 Å². The van der Waals surface area contributed by atoms with Gasteiger partial charge in [0.05, 0.1) is 6.20 Å². The zero-order valence-corrected chi connectivity index (χ0v) is 12.1. The second-order valence-electron chi connectivity index (χ2n) is 4.67. The summed E-state index contributed by atoms with van der Waals surface area (Å²) in [5.41, 5.74) is 0.811. The Bertz CT molecular complexity index is 729. The van der Waals surface area contributed by atoms with E-state index in [0.717, 1.165) is 36.1 Å². The molecule has 0 fully saturated rings. The van der Waals surface area contributed by atoms with Crippen LogP contribution in [-0.2, 0) is 13.5 Å². The first-order valence-corrected chi connectivity index (χ1v) is 6.92. The monoisotopic (exact) mass is 286 g/mol. The minimum absolute atomic E-state index is 0.703. The number of rotatable bonds is 6. The van der Waals surface area contributed by atoms with Crippen molar-refractivity contribution in [2.24, 2.45) is 7.05 Å². The number of hydrogen-bond donors (Lipinski definition) is 2. The van der Waals surface area contributed by atoms with Gasteiger partial charge in [-0.15, -0.1) is 0 Å². The maximum Gasteiger partial charge on any atom is 0.180 e. The van der Waals surface area contributed by atoms with Crippen LogP contribution in [0, 0.1) is 0 Å². The van der Waals surface area contributed by atoms with Gasteiger partial charge in [-0.2, -0.15) is 5.10 Å². The Morgan fingerprint density at radius 1 is 1.24 bits per heavy atom. The fourth-order valence-electron chi connectivity index (χ4n) is 2.11. The fraction of sp³-hybridized carbons (Fsp3) is 0.385. The van der Waals surface area contributed by atoms with E-state index in [-0.39, 0.29) is 0 Å². The van der Waals surface area contributed by atoms with Gasteiger partial charge in [0, 0.05) is 39.0 Å². The Morgan fingerprint density at radius 3 is 2.90 bits per heavy atom. The lowest BCUT2D eigenvalue weighted by Crippen LogP contribution is -2.11. The minimum Gasteiger partial charge on any atom is -0.369 e. The highest BCUT2D eigenvalue weighted by atomic mass is 15.3. The molecule has 21 heavy (non-hydrogen) atoms. The molecule has 0 atom stereocenters. The Kier molecular flexibility index (Phi) is 3.67. The van der Waals surface area contributed by atoms with Crippen LogP contribution in [0.5, 0.6) is 0 Å². The van der Waals surface area contributed by atoms with Gasteiger partial charge in [-0.3, -0.25) is 4.68 Å². The summed E-state index contributed by atoms with van der Waals surface area (Å²) in [6.07, 6.45) is 8.03. The third-order valence-corrected chi connectivity index (χ3v) is 3.02. The van der Waals surface area contributed by atoms with Crippen molar-refractivity contribution in [1.82, 2.24) is 29.1 Å². The Morgan fingerprint density at radius 2 is 2.14 bits per heavy atom. The molecule has 3 heterocycles. The van der Waals surface area contributed by atoms with Crippen LogP contribution in [0.2, 0.25) is 0 Å². The van der Waals surface area contributed by atoms with Gasteiger partial charge >= 0.3 is 0 Å². The first-order valence-electron chi connectivity index (χ1n) is 6.92. The SMILES string of the molecule is CCNc1cn2ccnc2c(NCCc2ncn(C)n2)n1. The Hall–Kier alpha value is -2.64. The summed E-state index contributed by atoms with van der Waals surface area (Å²) >= 11 is 0. The van der Waals surface area contributed by atoms with Crippen LogP contribution in [0.1, 0.15) is 12.7 Å². The molecule has 0 spiro atoms. The summed E-state index contributed by atoms with van der Waals surface area (Å²) in [7, 11) is 1.86. The molecule has 0 aliphatic heterocycles. The maximum atomic E-state index is 4.55. The highest BCUT2D eigenvalue weighted by Gasteiger charge is 2.07. The maximum absolute atomic E-state index is 4.55. The summed E-state index contributed by atoms with van der Waals surface area (Å²) in [6.45, 7) is 3.57. The molecule has 3 rings (SSSR count). The zero-order valence-electron chi connectivity index (χ0n) is 12.1. The molecule has 0 radical (unpaired) electrons. The first-order chi connectivity index (χ1) is 10.3. The van der Waals surface area contributed by atoms with Crippen LogP contribution < -0.4 is 10.6 Å². The molecule has 2 N–H and O–H groups in total. The lowest BCUT2D eigenvalue weighted by Gasteiger charge is -2.09. The van der Waals surface area contributed by atoms with Gasteiger partial charge < -0.3 is 15.0 Å². The molecule has 8 nitrogen and oxygen atoms in total. The second kappa shape index (κ2) is 5.78. The van der Waals surface area contributed by atoms with E-state index in [2.05, 4.69) is 30.7 Å². The standard InChI is InChI=1S/C13H18N8/c1-3-14-11-8-21-7-6-16-13(21)12(18-11)15-5-4-10-17-9-20(2)19-10/h6-9,14H,3-5H2,1-2H3,(H,15,18). The van der Waals surface area contributed by atoms with E-state index in [4.69, 9.17) is 0 Å². The minimum atomic E-state index is 0.703. The predicted octanol–water partition coefficient (Wildman–Crippen LogP) is 0.944. The zero-order chi connectivity index (χ0) is 14.7. The van der Waals surface area contributed by atoms with Gasteiger partial charge in [0.15, 0.2) is 17.3 Å². The molecule has 0 aliphatic rings. The van der Waals surface area contributed by atoms with Crippen molar-refractivity contribution in [3.8, 4) is 0 Å². The number of fused-ring (bicyclic) bond motifs is 1. The average Bonchev–Trinajstić information content (AvgIpc) is 3.08. The number of aryl methyl sites for hydroxylation is 1. The lowest BCUT2D eigenvalue weighted by atomic mass is 10.4. The van der Waals surface area contributed by atoms with Gasteiger partial charge in [0.1, 0.15) is 12.1 Å².